The van der Waals surface area contributed by atoms with Gasteiger partial charge >= 0.3 is 6.18 Å². The number of nitrogens with zero attached hydrogens (tertiary/aromatic N) is 3. The Kier molecular flexibility index (Phi) is 4.97. The van der Waals surface area contributed by atoms with Gasteiger partial charge in [0.15, 0.2) is 0 Å². The second-order valence-electron chi connectivity index (χ2n) is 7.11. The second-order valence-corrected chi connectivity index (χ2v) is 7.52. The van der Waals surface area contributed by atoms with Gasteiger partial charge in [-0.3, -0.25) is 14.7 Å². The van der Waals surface area contributed by atoms with E-state index in [4.69, 9.17) is 11.6 Å². The van der Waals surface area contributed by atoms with E-state index in [1.807, 2.05) is 5.32 Å². The van der Waals surface area contributed by atoms with Crippen LogP contribution in [0.1, 0.15) is 39.0 Å². The van der Waals surface area contributed by atoms with Crippen molar-refractivity contribution in [3.05, 3.63) is 58.1 Å². The summed E-state index contributed by atoms with van der Waals surface area (Å²) in [4.78, 5) is 26.9. The highest BCUT2D eigenvalue weighted by molar-refractivity contribution is 6.33. The molecule has 0 spiro atoms. The highest BCUT2D eigenvalue weighted by atomic mass is 35.5. The number of aromatic amines is 1. The maximum absolute atomic E-state index is 13.0. The van der Waals surface area contributed by atoms with Crippen LogP contribution in [0.15, 0.2) is 30.6 Å². The number of H-pyrrole nitrogens is 1. The van der Waals surface area contributed by atoms with E-state index in [-0.39, 0.29) is 18.1 Å². The lowest BCUT2D eigenvalue weighted by Crippen LogP contribution is -2.44. The Bertz CT molecular complexity index is 1140. The molecule has 3 aromatic rings. The molecule has 2 amide bonds. The number of halogens is 4. The number of aromatic nitrogens is 3. The van der Waals surface area contributed by atoms with Crippen LogP contribution in [0, 0.1) is 0 Å². The minimum Gasteiger partial charge on any atom is -0.339 e. The molecular weight excluding hydrogens is 423 g/mol. The number of hydrogen-bond donors (Lipinski definition) is 2. The number of hydrogen-bond acceptors (Lipinski definition) is 3. The maximum atomic E-state index is 13.0. The monoisotopic (exact) mass is 439 g/mol. The number of carbonyl (C=O) groups excluding carboxylic acids is 2. The third kappa shape index (κ3) is 3.62. The fraction of sp³-hybridized carbons (Fsp3) is 0.316. The fourth-order valence-electron chi connectivity index (χ4n) is 3.40. The molecule has 0 saturated heterocycles. The number of pyridine rings is 1. The number of rotatable bonds is 3. The molecule has 11 heteroatoms. The van der Waals surface area contributed by atoms with Crippen molar-refractivity contribution >= 4 is 28.9 Å². The Morgan fingerprint density at radius 2 is 2.13 bits per heavy atom. The number of carbonyl (C=O) groups is 2. The largest absolute Gasteiger partial charge is 0.408 e. The van der Waals surface area contributed by atoms with Crippen LogP contribution in [-0.4, -0.2) is 50.1 Å². The zero-order valence-corrected chi connectivity index (χ0v) is 16.5. The first-order valence-electron chi connectivity index (χ1n) is 9.14. The summed E-state index contributed by atoms with van der Waals surface area (Å²) in [6.07, 6.45) is -0.746. The number of amides is 2. The van der Waals surface area contributed by atoms with Gasteiger partial charge in [0.25, 0.3) is 11.8 Å². The predicted molar refractivity (Wildman–Crippen MR) is 102 cm³/mol. The van der Waals surface area contributed by atoms with Crippen molar-refractivity contribution in [2.24, 2.45) is 0 Å². The second kappa shape index (κ2) is 7.35. The van der Waals surface area contributed by atoms with Gasteiger partial charge in [-0.15, -0.1) is 0 Å². The summed E-state index contributed by atoms with van der Waals surface area (Å²) in [5.74, 6) is -1.18. The molecule has 0 saturated carbocycles. The minimum atomic E-state index is -4.56. The first-order valence-corrected chi connectivity index (χ1v) is 9.52. The lowest BCUT2D eigenvalue weighted by atomic mass is 10.0. The molecule has 158 valence electrons. The Morgan fingerprint density at radius 3 is 2.83 bits per heavy atom. The van der Waals surface area contributed by atoms with Gasteiger partial charge in [-0.2, -0.15) is 18.3 Å². The Labute approximate surface area is 173 Å². The third-order valence-corrected chi connectivity index (χ3v) is 5.42. The van der Waals surface area contributed by atoms with Crippen molar-refractivity contribution in [1.82, 2.24) is 24.8 Å². The first kappa shape index (κ1) is 20.3. The Balaban J connectivity index is 1.55. The van der Waals surface area contributed by atoms with E-state index in [2.05, 4.69) is 10.2 Å². The van der Waals surface area contributed by atoms with Crippen LogP contribution >= 0.6 is 11.6 Å². The quantitative estimate of drug-likeness (QED) is 0.657. The van der Waals surface area contributed by atoms with Crippen LogP contribution < -0.4 is 5.32 Å². The Morgan fingerprint density at radius 1 is 1.37 bits per heavy atom. The van der Waals surface area contributed by atoms with Gasteiger partial charge in [-0.05, 0) is 25.1 Å². The molecular formula is C19H17ClF3N5O2. The van der Waals surface area contributed by atoms with Crippen LogP contribution in [0.3, 0.4) is 0 Å². The third-order valence-electron chi connectivity index (χ3n) is 5.10. The highest BCUT2D eigenvalue weighted by Gasteiger charge is 2.38. The number of alkyl halides is 3. The summed E-state index contributed by atoms with van der Waals surface area (Å²) >= 11 is 6.16. The van der Waals surface area contributed by atoms with Crippen LogP contribution in [0.5, 0.6) is 0 Å². The average Bonchev–Trinajstić information content (AvgIpc) is 3.31. The SMILES string of the molecule is CC(NC(=O)c1[nH]nc2c1CN(C(=O)c1cc3c(Cl)cccn3c1)CC2)C(F)(F)F. The van der Waals surface area contributed by atoms with Gasteiger partial charge in [-0.1, -0.05) is 11.6 Å². The fourth-order valence-corrected chi connectivity index (χ4v) is 3.63. The summed E-state index contributed by atoms with van der Waals surface area (Å²) in [6.45, 7) is 1.30. The van der Waals surface area contributed by atoms with E-state index < -0.39 is 18.1 Å². The molecule has 3 aromatic heterocycles. The molecule has 30 heavy (non-hydrogen) atoms. The van der Waals surface area contributed by atoms with Crippen molar-refractivity contribution < 1.29 is 22.8 Å². The van der Waals surface area contributed by atoms with E-state index in [9.17, 15) is 22.8 Å². The molecule has 1 aliphatic heterocycles. The van der Waals surface area contributed by atoms with E-state index in [0.717, 1.165) is 6.92 Å². The summed E-state index contributed by atoms with van der Waals surface area (Å²) < 4.78 is 40.0. The van der Waals surface area contributed by atoms with Crippen LogP contribution in [-0.2, 0) is 13.0 Å². The predicted octanol–water partition coefficient (Wildman–Crippen LogP) is 3.19. The first-order chi connectivity index (χ1) is 14.1. The van der Waals surface area contributed by atoms with Gasteiger partial charge < -0.3 is 14.6 Å². The van der Waals surface area contributed by atoms with Gasteiger partial charge in [0.2, 0.25) is 0 Å². The molecule has 1 atom stereocenters. The zero-order valence-electron chi connectivity index (χ0n) is 15.8. The molecule has 7 nitrogen and oxygen atoms in total. The Hall–Kier alpha value is -3.01. The molecule has 2 N–H and O–H groups in total. The smallest absolute Gasteiger partial charge is 0.339 e. The van der Waals surface area contributed by atoms with Crippen LogP contribution in [0.4, 0.5) is 13.2 Å². The molecule has 1 unspecified atom stereocenters. The maximum Gasteiger partial charge on any atom is 0.408 e. The number of nitrogens with one attached hydrogen (secondary N) is 2. The lowest BCUT2D eigenvalue weighted by Gasteiger charge is -2.26. The highest BCUT2D eigenvalue weighted by Crippen LogP contribution is 2.25. The van der Waals surface area contributed by atoms with E-state index in [1.165, 1.54) is 4.90 Å². The van der Waals surface area contributed by atoms with Crippen LogP contribution in [0.25, 0.3) is 5.52 Å². The normalized spacial score (nSPS) is 15.2. The molecule has 0 fully saturated rings. The zero-order chi connectivity index (χ0) is 21.6. The van der Waals surface area contributed by atoms with Crippen LogP contribution in [0.2, 0.25) is 5.02 Å². The van der Waals surface area contributed by atoms with Crippen molar-refractivity contribution in [2.75, 3.05) is 6.54 Å². The molecule has 4 heterocycles. The van der Waals surface area contributed by atoms with E-state index >= 15 is 0 Å². The van der Waals surface area contributed by atoms with Gasteiger partial charge in [0, 0.05) is 30.9 Å². The molecule has 4 rings (SSSR count). The summed E-state index contributed by atoms with van der Waals surface area (Å²) in [7, 11) is 0. The topological polar surface area (TPSA) is 82.5 Å². The van der Waals surface area contributed by atoms with Gasteiger partial charge in [-0.25, -0.2) is 0 Å². The van der Waals surface area contributed by atoms with Crippen molar-refractivity contribution in [1.29, 1.82) is 0 Å². The summed E-state index contributed by atoms with van der Waals surface area (Å²) in [5.41, 5.74) is 2.03. The lowest BCUT2D eigenvalue weighted by molar-refractivity contribution is -0.149. The van der Waals surface area contributed by atoms with Gasteiger partial charge in [0.05, 0.1) is 28.3 Å². The molecule has 0 bridgehead atoms. The van der Waals surface area contributed by atoms with Crippen molar-refractivity contribution in [3.8, 4) is 0 Å². The average molecular weight is 440 g/mol. The summed E-state index contributed by atoms with van der Waals surface area (Å²) in [6, 6.07) is 3.14. The van der Waals surface area contributed by atoms with E-state index in [0.29, 0.717) is 40.3 Å². The molecule has 0 aliphatic carbocycles. The number of fused-ring (bicyclic) bond motifs is 2. The minimum absolute atomic E-state index is 0.0632. The summed E-state index contributed by atoms with van der Waals surface area (Å²) in [5, 5.41) is 8.97. The van der Waals surface area contributed by atoms with Crippen molar-refractivity contribution in [2.45, 2.75) is 32.1 Å². The van der Waals surface area contributed by atoms with E-state index in [1.54, 1.807) is 35.0 Å². The molecule has 0 aromatic carbocycles. The van der Waals surface area contributed by atoms with Gasteiger partial charge in [0.1, 0.15) is 11.7 Å². The standard InChI is InChI=1S/C19H17ClF3N5O2/c1-10(19(21,22)23)24-17(29)16-12-9-28(6-4-14(12)25-26-16)18(30)11-7-15-13(20)3-2-5-27(15)8-11/h2-3,5,7-8,10H,4,6,9H2,1H3,(H,24,29)(H,25,26). The molecule has 0 radical (unpaired) electrons. The van der Waals surface area contributed by atoms with Crippen molar-refractivity contribution in [3.63, 3.8) is 0 Å². The molecule has 1 aliphatic rings.